The number of aryl methyl sites for hydroxylation is 1. The zero-order valence-corrected chi connectivity index (χ0v) is 14.5. The van der Waals surface area contributed by atoms with Crippen molar-refractivity contribution in [3.05, 3.63) is 78.1 Å². The molecule has 1 aromatic heterocycles. The lowest BCUT2D eigenvalue weighted by Crippen LogP contribution is -2.12. The molecule has 0 atom stereocenters. The summed E-state index contributed by atoms with van der Waals surface area (Å²) >= 11 is 0. The van der Waals surface area contributed by atoms with Gasteiger partial charge in [-0.2, -0.15) is 13.9 Å². The van der Waals surface area contributed by atoms with Crippen LogP contribution in [0.4, 0.5) is 14.5 Å². The topological polar surface area (TPSA) is 56.1 Å². The molecule has 0 aliphatic heterocycles. The van der Waals surface area contributed by atoms with Gasteiger partial charge in [-0.3, -0.25) is 9.48 Å². The van der Waals surface area contributed by atoms with Crippen molar-refractivity contribution in [2.75, 3.05) is 5.32 Å². The lowest BCUT2D eigenvalue weighted by Gasteiger charge is -2.08. The van der Waals surface area contributed by atoms with Gasteiger partial charge in [-0.25, -0.2) is 0 Å². The number of carbonyl (C=O) groups is 1. The largest absolute Gasteiger partial charge is 0.435 e. The molecule has 0 saturated heterocycles. The van der Waals surface area contributed by atoms with Crippen LogP contribution in [0.15, 0.2) is 67.0 Å². The summed E-state index contributed by atoms with van der Waals surface area (Å²) in [4.78, 5) is 12.1. The minimum Gasteiger partial charge on any atom is -0.435 e. The normalized spacial score (nSPS) is 10.8. The number of anilines is 1. The highest BCUT2D eigenvalue weighted by Gasteiger charge is 2.06. The summed E-state index contributed by atoms with van der Waals surface area (Å²) in [5.74, 6) is -0.00358. The Bertz CT molecular complexity index is 848. The van der Waals surface area contributed by atoms with Crippen LogP contribution in [0, 0.1) is 0 Å². The maximum absolute atomic E-state index is 12.1. The third-order valence-electron chi connectivity index (χ3n) is 3.93. The molecule has 3 rings (SSSR count). The Morgan fingerprint density at radius 1 is 1.07 bits per heavy atom. The maximum Gasteiger partial charge on any atom is 0.387 e. The number of alkyl halides is 2. The number of ether oxygens (including phenoxy) is 1. The van der Waals surface area contributed by atoms with E-state index in [1.165, 1.54) is 12.1 Å². The second kappa shape index (κ2) is 8.93. The molecule has 3 aromatic rings. The van der Waals surface area contributed by atoms with Crippen LogP contribution in [0.5, 0.6) is 5.75 Å². The minimum atomic E-state index is -2.84. The Hall–Kier alpha value is -3.22. The van der Waals surface area contributed by atoms with Crippen molar-refractivity contribution in [2.45, 2.75) is 26.0 Å². The van der Waals surface area contributed by atoms with E-state index in [1.54, 1.807) is 18.3 Å². The first-order valence-corrected chi connectivity index (χ1v) is 8.48. The molecule has 0 aliphatic carbocycles. The molecule has 27 heavy (non-hydrogen) atoms. The van der Waals surface area contributed by atoms with Gasteiger partial charge < -0.3 is 10.1 Å². The number of halogens is 2. The zero-order valence-electron chi connectivity index (χ0n) is 14.5. The van der Waals surface area contributed by atoms with Crippen molar-refractivity contribution in [3.63, 3.8) is 0 Å². The van der Waals surface area contributed by atoms with Crippen LogP contribution in [-0.4, -0.2) is 22.3 Å². The molecule has 0 saturated carbocycles. The maximum atomic E-state index is 12.1. The van der Waals surface area contributed by atoms with Gasteiger partial charge in [0.05, 0.1) is 6.54 Å². The van der Waals surface area contributed by atoms with Crippen molar-refractivity contribution < 1.29 is 18.3 Å². The summed E-state index contributed by atoms with van der Waals surface area (Å²) in [6.07, 6.45) is 4.43. The fourth-order valence-electron chi connectivity index (χ4n) is 2.59. The predicted octanol–water partition coefficient (Wildman–Crippen LogP) is 4.10. The van der Waals surface area contributed by atoms with E-state index in [0.29, 0.717) is 19.4 Å². The molecule has 0 aliphatic rings. The van der Waals surface area contributed by atoms with Gasteiger partial charge in [-0.05, 0) is 47.9 Å². The molecule has 1 amide bonds. The van der Waals surface area contributed by atoms with Gasteiger partial charge >= 0.3 is 6.61 Å². The molecule has 7 heteroatoms. The first-order valence-electron chi connectivity index (χ1n) is 8.48. The first-order chi connectivity index (χ1) is 13.1. The van der Waals surface area contributed by atoms with Crippen LogP contribution in [0.1, 0.15) is 17.5 Å². The number of carbonyl (C=O) groups excluding carboxylic acids is 1. The van der Waals surface area contributed by atoms with Crippen molar-refractivity contribution >= 4 is 11.6 Å². The molecule has 0 unspecified atom stereocenters. The van der Waals surface area contributed by atoms with E-state index < -0.39 is 6.61 Å². The third-order valence-corrected chi connectivity index (χ3v) is 3.93. The Kier molecular flexibility index (Phi) is 6.14. The van der Waals surface area contributed by atoms with Crippen LogP contribution in [0.25, 0.3) is 0 Å². The fourth-order valence-corrected chi connectivity index (χ4v) is 2.59. The highest BCUT2D eigenvalue weighted by molar-refractivity contribution is 5.90. The monoisotopic (exact) mass is 371 g/mol. The standard InChI is InChI=1S/C20H19F2N3O2/c21-20(22)27-18-9-4-15(5-10-18)6-11-19(26)24-17-7-2-16(3-8-17)14-25-13-1-12-23-25/h1-5,7-10,12-13,20H,6,11,14H2,(H,24,26). The summed E-state index contributed by atoms with van der Waals surface area (Å²) in [6, 6.07) is 15.8. The number of nitrogens with one attached hydrogen (secondary N) is 1. The van der Waals surface area contributed by atoms with E-state index in [-0.39, 0.29) is 11.7 Å². The Morgan fingerprint density at radius 3 is 2.41 bits per heavy atom. The SMILES string of the molecule is O=C(CCc1ccc(OC(F)F)cc1)Nc1ccc(Cn2cccn2)cc1. The van der Waals surface area contributed by atoms with Crippen LogP contribution in [0.2, 0.25) is 0 Å². The highest BCUT2D eigenvalue weighted by Crippen LogP contribution is 2.16. The number of hydrogen-bond donors (Lipinski definition) is 1. The van der Waals surface area contributed by atoms with Crippen molar-refractivity contribution in [1.29, 1.82) is 0 Å². The number of amides is 1. The average Bonchev–Trinajstić information content (AvgIpc) is 3.15. The Labute approximate surface area is 155 Å². The molecule has 0 radical (unpaired) electrons. The van der Waals surface area contributed by atoms with Crippen molar-refractivity contribution in [2.24, 2.45) is 0 Å². The van der Waals surface area contributed by atoms with Gasteiger partial charge in [-0.1, -0.05) is 24.3 Å². The average molecular weight is 371 g/mol. The molecule has 2 aromatic carbocycles. The third kappa shape index (κ3) is 5.91. The smallest absolute Gasteiger partial charge is 0.387 e. The highest BCUT2D eigenvalue weighted by atomic mass is 19.3. The van der Waals surface area contributed by atoms with Crippen LogP contribution >= 0.6 is 0 Å². The number of rotatable bonds is 8. The molecule has 0 fully saturated rings. The van der Waals surface area contributed by atoms with Crippen molar-refractivity contribution in [3.8, 4) is 5.75 Å². The van der Waals surface area contributed by atoms with Crippen LogP contribution in [0.3, 0.4) is 0 Å². The van der Waals surface area contributed by atoms with Gasteiger partial charge in [0, 0.05) is 24.5 Å². The summed E-state index contributed by atoms with van der Waals surface area (Å²) in [6.45, 7) is -2.17. The van der Waals surface area contributed by atoms with E-state index in [4.69, 9.17) is 0 Å². The molecule has 1 heterocycles. The number of nitrogens with zero attached hydrogens (tertiary/aromatic N) is 2. The molecule has 140 valence electrons. The molecule has 0 bridgehead atoms. The summed E-state index contributed by atoms with van der Waals surface area (Å²) < 4.78 is 30.4. The van der Waals surface area contributed by atoms with Crippen LogP contribution < -0.4 is 10.1 Å². The Morgan fingerprint density at radius 2 is 1.78 bits per heavy atom. The molecule has 1 N–H and O–H groups in total. The van der Waals surface area contributed by atoms with E-state index >= 15 is 0 Å². The summed E-state index contributed by atoms with van der Waals surface area (Å²) in [7, 11) is 0. The number of benzene rings is 2. The fraction of sp³-hybridized carbons (Fsp3) is 0.200. The second-order valence-corrected chi connectivity index (χ2v) is 5.97. The minimum absolute atomic E-state index is 0.105. The molecular weight excluding hydrogens is 352 g/mol. The molecule has 5 nitrogen and oxygen atoms in total. The van der Waals surface area contributed by atoms with Crippen LogP contribution in [-0.2, 0) is 17.8 Å². The summed E-state index contributed by atoms with van der Waals surface area (Å²) in [5.41, 5.74) is 2.69. The van der Waals surface area contributed by atoms with Gasteiger partial charge in [0.1, 0.15) is 5.75 Å². The Balaban J connectivity index is 1.46. The van der Waals surface area contributed by atoms with Gasteiger partial charge in [-0.15, -0.1) is 0 Å². The first kappa shape index (κ1) is 18.6. The van der Waals surface area contributed by atoms with Crippen molar-refractivity contribution in [1.82, 2.24) is 9.78 Å². The quantitative estimate of drug-likeness (QED) is 0.648. The lowest BCUT2D eigenvalue weighted by atomic mass is 10.1. The molecular formula is C20H19F2N3O2. The van der Waals surface area contributed by atoms with E-state index in [1.807, 2.05) is 41.2 Å². The number of hydrogen-bond acceptors (Lipinski definition) is 3. The molecule has 0 spiro atoms. The second-order valence-electron chi connectivity index (χ2n) is 5.97. The van der Waals surface area contributed by atoms with Gasteiger partial charge in [0.15, 0.2) is 0 Å². The number of aromatic nitrogens is 2. The van der Waals surface area contributed by atoms with E-state index in [9.17, 15) is 13.6 Å². The van der Waals surface area contributed by atoms with Gasteiger partial charge in [0.2, 0.25) is 5.91 Å². The van der Waals surface area contributed by atoms with E-state index in [2.05, 4.69) is 15.2 Å². The zero-order chi connectivity index (χ0) is 19.1. The van der Waals surface area contributed by atoms with E-state index in [0.717, 1.165) is 16.8 Å². The lowest BCUT2D eigenvalue weighted by molar-refractivity contribution is -0.116. The van der Waals surface area contributed by atoms with Gasteiger partial charge in [0.25, 0.3) is 0 Å². The summed E-state index contributed by atoms with van der Waals surface area (Å²) in [5, 5.41) is 7.01. The predicted molar refractivity (Wildman–Crippen MR) is 97.8 cm³/mol.